The molecule has 0 atom stereocenters. The molecule has 9 aromatic rings. The van der Waals surface area contributed by atoms with Gasteiger partial charge in [-0.2, -0.15) is 0 Å². The van der Waals surface area contributed by atoms with Crippen LogP contribution in [0.5, 0.6) is 0 Å². The standard InChI is InChI=1S/C46H30/c1-3-14-32(15-4-1)45-40-21-11-12-22-41(40)46(33-16-5-2-6-17-33)44-29-37(25-26-42(44)45)43-30-38(28-36-19-9-10-20-39(36)43)35-24-23-31-13-7-8-18-34(31)27-35/h1-30H. The number of benzene rings is 9. The molecule has 214 valence electrons. The van der Waals surface area contributed by atoms with Gasteiger partial charge in [0.1, 0.15) is 0 Å². The van der Waals surface area contributed by atoms with Crippen molar-refractivity contribution in [3.63, 3.8) is 0 Å². The van der Waals surface area contributed by atoms with Crippen molar-refractivity contribution < 1.29 is 0 Å². The molecule has 0 nitrogen and oxygen atoms in total. The summed E-state index contributed by atoms with van der Waals surface area (Å²) in [5, 5.41) is 10.1. The molecule has 0 aliphatic carbocycles. The van der Waals surface area contributed by atoms with Crippen LogP contribution in [0.3, 0.4) is 0 Å². The zero-order valence-electron chi connectivity index (χ0n) is 25.3. The molecule has 0 aliphatic heterocycles. The first kappa shape index (κ1) is 26.4. The minimum absolute atomic E-state index is 1.22. The van der Waals surface area contributed by atoms with Crippen LogP contribution in [0.1, 0.15) is 0 Å². The summed E-state index contributed by atoms with van der Waals surface area (Å²) in [6.07, 6.45) is 0. The van der Waals surface area contributed by atoms with Crippen LogP contribution in [-0.4, -0.2) is 0 Å². The van der Waals surface area contributed by atoms with E-state index in [2.05, 4.69) is 182 Å². The van der Waals surface area contributed by atoms with Crippen LogP contribution in [0, 0.1) is 0 Å². The maximum absolute atomic E-state index is 2.43. The highest BCUT2D eigenvalue weighted by Crippen LogP contribution is 2.45. The SMILES string of the molecule is c1ccc(-c2c3ccccc3c(-c3ccccc3)c3cc(-c4cc(-c5ccc6ccccc6c5)cc5ccccc45)ccc23)cc1. The quantitative estimate of drug-likeness (QED) is 0.181. The average Bonchev–Trinajstić information content (AvgIpc) is 3.13. The van der Waals surface area contributed by atoms with Crippen LogP contribution < -0.4 is 0 Å². The Hall–Kier alpha value is -5.98. The van der Waals surface area contributed by atoms with E-state index in [9.17, 15) is 0 Å². The van der Waals surface area contributed by atoms with Crippen LogP contribution in [0.15, 0.2) is 182 Å². The summed E-state index contributed by atoms with van der Waals surface area (Å²) < 4.78 is 0. The lowest BCUT2D eigenvalue weighted by molar-refractivity contribution is 1.63. The van der Waals surface area contributed by atoms with E-state index in [0.717, 1.165) is 0 Å². The van der Waals surface area contributed by atoms with E-state index in [0.29, 0.717) is 0 Å². The summed E-state index contributed by atoms with van der Waals surface area (Å²) in [7, 11) is 0. The van der Waals surface area contributed by atoms with Crippen LogP contribution in [-0.2, 0) is 0 Å². The zero-order valence-corrected chi connectivity index (χ0v) is 25.3. The Balaban J connectivity index is 1.36. The van der Waals surface area contributed by atoms with Gasteiger partial charge in [0.15, 0.2) is 0 Å². The van der Waals surface area contributed by atoms with Crippen LogP contribution in [0.4, 0.5) is 0 Å². The maximum atomic E-state index is 2.43. The first-order valence-electron chi connectivity index (χ1n) is 15.9. The fourth-order valence-electron chi connectivity index (χ4n) is 7.26. The van der Waals surface area contributed by atoms with E-state index in [-0.39, 0.29) is 0 Å². The Morgan fingerprint density at radius 1 is 0.217 bits per heavy atom. The van der Waals surface area contributed by atoms with Gasteiger partial charge in [-0.3, -0.25) is 0 Å². The topological polar surface area (TPSA) is 0 Å². The lowest BCUT2D eigenvalue weighted by Crippen LogP contribution is -1.92. The minimum Gasteiger partial charge on any atom is -0.0622 e. The molecule has 46 heavy (non-hydrogen) atoms. The van der Waals surface area contributed by atoms with Gasteiger partial charge in [-0.25, -0.2) is 0 Å². The summed E-state index contributed by atoms with van der Waals surface area (Å²) in [6.45, 7) is 0. The second-order valence-corrected chi connectivity index (χ2v) is 12.1. The van der Waals surface area contributed by atoms with Crippen molar-refractivity contribution in [2.45, 2.75) is 0 Å². The second kappa shape index (κ2) is 10.9. The maximum Gasteiger partial charge on any atom is -0.00262 e. The third kappa shape index (κ3) is 4.38. The van der Waals surface area contributed by atoms with Gasteiger partial charge in [-0.1, -0.05) is 158 Å². The summed E-state index contributed by atoms with van der Waals surface area (Å²) in [5.74, 6) is 0. The van der Waals surface area contributed by atoms with Gasteiger partial charge in [0.05, 0.1) is 0 Å². The summed E-state index contributed by atoms with van der Waals surface area (Å²) in [5.41, 5.74) is 9.96. The molecule has 0 N–H and O–H groups in total. The first-order valence-corrected chi connectivity index (χ1v) is 15.9. The van der Waals surface area contributed by atoms with Crippen molar-refractivity contribution in [2.24, 2.45) is 0 Å². The molecule has 0 aromatic heterocycles. The molecule has 0 saturated carbocycles. The normalized spacial score (nSPS) is 11.5. The predicted octanol–water partition coefficient (Wildman–Crippen LogP) is 13.0. The molecule has 0 unspecified atom stereocenters. The minimum atomic E-state index is 1.22. The van der Waals surface area contributed by atoms with Crippen LogP contribution >= 0.6 is 0 Å². The largest absolute Gasteiger partial charge is 0.0622 e. The van der Waals surface area contributed by atoms with Gasteiger partial charge in [-0.15, -0.1) is 0 Å². The molecule has 0 saturated heterocycles. The molecule has 9 aromatic carbocycles. The highest BCUT2D eigenvalue weighted by molar-refractivity contribution is 6.22. The summed E-state index contributed by atoms with van der Waals surface area (Å²) in [4.78, 5) is 0. The van der Waals surface area contributed by atoms with Gasteiger partial charge < -0.3 is 0 Å². The third-order valence-corrected chi connectivity index (χ3v) is 9.40. The molecule has 0 spiro atoms. The third-order valence-electron chi connectivity index (χ3n) is 9.40. The highest BCUT2D eigenvalue weighted by Gasteiger charge is 2.18. The number of hydrogen-bond acceptors (Lipinski definition) is 0. The van der Waals surface area contributed by atoms with Crippen molar-refractivity contribution in [1.82, 2.24) is 0 Å². The van der Waals surface area contributed by atoms with Crippen LogP contribution in [0.25, 0.3) is 87.6 Å². The van der Waals surface area contributed by atoms with E-state index < -0.39 is 0 Å². The van der Waals surface area contributed by atoms with Gasteiger partial charge in [0, 0.05) is 0 Å². The van der Waals surface area contributed by atoms with Gasteiger partial charge >= 0.3 is 0 Å². The van der Waals surface area contributed by atoms with Gasteiger partial charge in [-0.05, 0) is 112 Å². The predicted molar refractivity (Wildman–Crippen MR) is 198 cm³/mol. The molecule has 0 heterocycles. The first-order chi connectivity index (χ1) is 22.8. The molecule has 0 aliphatic rings. The van der Waals surface area contributed by atoms with Crippen molar-refractivity contribution >= 4 is 43.1 Å². The molecular formula is C46H30. The average molecular weight is 583 g/mol. The summed E-state index contributed by atoms with van der Waals surface area (Å²) in [6, 6.07) is 66.6. The highest BCUT2D eigenvalue weighted by atomic mass is 14.2. The molecule has 9 rings (SSSR count). The van der Waals surface area contributed by atoms with E-state index in [1.54, 1.807) is 0 Å². The lowest BCUT2D eigenvalue weighted by Gasteiger charge is -2.19. The van der Waals surface area contributed by atoms with Crippen molar-refractivity contribution in [1.29, 1.82) is 0 Å². The Bertz CT molecular complexity index is 2560. The van der Waals surface area contributed by atoms with E-state index in [1.165, 1.54) is 87.6 Å². The van der Waals surface area contributed by atoms with E-state index in [4.69, 9.17) is 0 Å². The Morgan fingerprint density at radius 2 is 0.717 bits per heavy atom. The number of fused-ring (bicyclic) bond motifs is 4. The molecule has 0 heteroatoms. The Kier molecular flexibility index (Phi) is 6.25. The van der Waals surface area contributed by atoms with Gasteiger partial charge in [0.2, 0.25) is 0 Å². The molecule has 0 amide bonds. The fraction of sp³-hybridized carbons (Fsp3) is 0. The van der Waals surface area contributed by atoms with Crippen molar-refractivity contribution in [3.05, 3.63) is 182 Å². The monoisotopic (exact) mass is 582 g/mol. The zero-order chi connectivity index (χ0) is 30.5. The fourth-order valence-corrected chi connectivity index (χ4v) is 7.26. The van der Waals surface area contributed by atoms with Crippen molar-refractivity contribution in [3.8, 4) is 44.5 Å². The second-order valence-electron chi connectivity index (χ2n) is 12.1. The summed E-state index contributed by atoms with van der Waals surface area (Å²) >= 11 is 0. The molecule has 0 radical (unpaired) electrons. The molecule has 0 bridgehead atoms. The van der Waals surface area contributed by atoms with Crippen LogP contribution in [0.2, 0.25) is 0 Å². The molecule has 0 fully saturated rings. The van der Waals surface area contributed by atoms with E-state index >= 15 is 0 Å². The molecular weight excluding hydrogens is 553 g/mol. The van der Waals surface area contributed by atoms with Crippen molar-refractivity contribution in [2.75, 3.05) is 0 Å². The Morgan fingerprint density at radius 3 is 1.41 bits per heavy atom. The Labute approximate surface area is 268 Å². The number of hydrogen-bond donors (Lipinski definition) is 0. The number of rotatable bonds is 4. The lowest BCUT2D eigenvalue weighted by atomic mass is 9.84. The van der Waals surface area contributed by atoms with Gasteiger partial charge in [0.25, 0.3) is 0 Å². The smallest absolute Gasteiger partial charge is 0.00262 e. The van der Waals surface area contributed by atoms with E-state index in [1.807, 2.05) is 0 Å².